The predicted octanol–water partition coefficient (Wildman–Crippen LogP) is 3.51. The number of halogens is 2. The maximum atomic E-state index is 13.0. The molecule has 1 heterocycles. The van der Waals surface area contributed by atoms with E-state index in [-0.39, 0.29) is 22.9 Å². The number of anilines is 1. The Morgan fingerprint density at radius 1 is 1.13 bits per heavy atom. The van der Waals surface area contributed by atoms with Crippen molar-refractivity contribution in [1.82, 2.24) is 15.1 Å². The Balaban J connectivity index is 2.15. The van der Waals surface area contributed by atoms with Crippen molar-refractivity contribution >= 4 is 11.4 Å². The van der Waals surface area contributed by atoms with Gasteiger partial charge in [-0.15, -0.1) is 0 Å². The van der Waals surface area contributed by atoms with Gasteiger partial charge >= 0.3 is 6.61 Å². The third kappa shape index (κ3) is 5.46. The number of hydrogen-bond donors (Lipinski definition) is 2. The number of aromatic nitrogens is 2. The zero-order chi connectivity index (χ0) is 22.2. The van der Waals surface area contributed by atoms with Crippen molar-refractivity contribution in [1.29, 1.82) is 0 Å². The number of hydrogen-bond acceptors (Lipinski definition) is 6. The minimum atomic E-state index is -3.01. The molecule has 0 saturated heterocycles. The standard InChI is InChI=1S/C22H22F2N4O3/c1-25-13-12-16(26-15-8-4-3-5-9-15)20-21(29)19(30-2)14-28(27-20)17-10-6-7-11-18(17)31-22(23)24/h3-12,14,22,25-26H,13H2,1-2H3/b16-12-. The van der Waals surface area contributed by atoms with Crippen LogP contribution in [0.15, 0.2) is 71.7 Å². The quantitative estimate of drug-likeness (QED) is 0.543. The Kier molecular flexibility index (Phi) is 7.34. The Hall–Kier alpha value is -3.72. The third-order valence-corrected chi connectivity index (χ3v) is 4.25. The second kappa shape index (κ2) is 10.4. The summed E-state index contributed by atoms with van der Waals surface area (Å²) in [6.07, 6.45) is 3.10. The molecular weight excluding hydrogens is 406 g/mol. The van der Waals surface area contributed by atoms with Crippen molar-refractivity contribution in [3.8, 4) is 17.2 Å². The van der Waals surface area contributed by atoms with Gasteiger partial charge in [-0.05, 0) is 37.4 Å². The second-order valence-corrected chi connectivity index (χ2v) is 6.33. The molecule has 0 aliphatic carbocycles. The van der Waals surface area contributed by atoms with E-state index in [4.69, 9.17) is 4.74 Å². The van der Waals surface area contributed by atoms with Crippen LogP contribution in [-0.4, -0.2) is 37.1 Å². The van der Waals surface area contributed by atoms with Crippen LogP contribution in [0, 0.1) is 0 Å². The molecule has 2 N–H and O–H groups in total. The number of benzene rings is 2. The van der Waals surface area contributed by atoms with Crippen molar-refractivity contribution in [3.63, 3.8) is 0 Å². The Morgan fingerprint density at radius 3 is 2.52 bits per heavy atom. The number of nitrogens with zero attached hydrogens (tertiary/aromatic N) is 2. The van der Waals surface area contributed by atoms with Crippen molar-refractivity contribution in [2.24, 2.45) is 0 Å². The minimum Gasteiger partial charge on any atom is -0.491 e. The topological polar surface area (TPSA) is 77.4 Å². The Labute approximate surface area is 177 Å². The van der Waals surface area contributed by atoms with Gasteiger partial charge in [-0.2, -0.15) is 13.9 Å². The van der Waals surface area contributed by atoms with Crippen LogP contribution in [0.2, 0.25) is 0 Å². The lowest BCUT2D eigenvalue weighted by Gasteiger charge is -2.16. The number of likely N-dealkylation sites (N-methyl/N-ethyl adjacent to an activating group) is 1. The molecule has 9 heteroatoms. The highest BCUT2D eigenvalue weighted by molar-refractivity contribution is 5.75. The van der Waals surface area contributed by atoms with Crippen molar-refractivity contribution in [3.05, 3.63) is 82.8 Å². The monoisotopic (exact) mass is 428 g/mol. The van der Waals surface area contributed by atoms with Gasteiger partial charge in [0, 0.05) is 12.2 Å². The highest BCUT2D eigenvalue weighted by Crippen LogP contribution is 2.25. The molecule has 0 aliphatic heterocycles. The lowest BCUT2D eigenvalue weighted by molar-refractivity contribution is -0.0499. The first kappa shape index (κ1) is 22.0. The average Bonchev–Trinajstić information content (AvgIpc) is 2.77. The summed E-state index contributed by atoms with van der Waals surface area (Å²) in [6, 6.07) is 15.4. The van der Waals surface area contributed by atoms with E-state index in [2.05, 4.69) is 20.5 Å². The SMILES string of the molecule is CNC/C=C(\Nc1ccccc1)c1nn(-c2ccccc2OC(F)F)cc(OC)c1=O. The molecule has 162 valence electrons. The van der Waals surface area contributed by atoms with Crippen LogP contribution in [0.3, 0.4) is 0 Å². The van der Waals surface area contributed by atoms with Gasteiger partial charge in [-0.3, -0.25) is 4.79 Å². The van der Waals surface area contributed by atoms with Crippen molar-refractivity contribution in [2.45, 2.75) is 6.61 Å². The van der Waals surface area contributed by atoms with Gasteiger partial charge in [0.1, 0.15) is 5.69 Å². The van der Waals surface area contributed by atoms with E-state index in [0.29, 0.717) is 12.2 Å². The van der Waals surface area contributed by atoms with Crippen LogP contribution in [0.5, 0.6) is 11.5 Å². The molecule has 3 rings (SSSR count). The molecule has 3 aromatic rings. The fourth-order valence-corrected chi connectivity index (χ4v) is 2.84. The maximum absolute atomic E-state index is 13.0. The molecule has 0 saturated carbocycles. The third-order valence-electron chi connectivity index (χ3n) is 4.25. The molecule has 7 nitrogen and oxygen atoms in total. The fourth-order valence-electron chi connectivity index (χ4n) is 2.84. The van der Waals surface area contributed by atoms with E-state index in [1.54, 1.807) is 31.3 Å². The first-order valence-electron chi connectivity index (χ1n) is 9.43. The van der Waals surface area contributed by atoms with Gasteiger partial charge < -0.3 is 20.1 Å². The number of para-hydroxylation sites is 3. The zero-order valence-corrected chi connectivity index (χ0v) is 17.0. The normalized spacial score (nSPS) is 11.5. The van der Waals surface area contributed by atoms with Crippen LogP contribution in [-0.2, 0) is 0 Å². The van der Waals surface area contributed by atoms with Crippen molar-refractivity contribution < 1.29 is 18.3 Å². The summed E-state index contributed by atoms with van der Waals surface area (Å²) >= 11 is 0. The fraction of sp³-hybridized carbons (Fsp3) is 0.182. The van der Waals surface area contributed by atoms with Gasteiger partial charge in [0.2, 0.25) is 0 Å². The largest absolute Gasteiger partial charge is 0.491 e. The lowest BCUT2D eigenvalue weighted by atomic mass is 10.2. The van der Waals surface area contributed by atoms with Crippen LogP contribution in [0.4, 0.5) is 14.5 Å². The summed E-state index contributed by atoms with van der Waals surface area (Å²) in [4.78, 5) is 13.0. The maximum Gasteiger partial charge on any atom is 0.387 e. The first-order chi connectivity index (χ1) is 15.0. The number of methoxy groups -OCH3 is 1. The smallest absolute Gasteiger partial charge is 0.387 e. The number of alkyl halides is 2. The van der Waals surface area contributed by atoms with E-state index in [1.807, 2.05) is 30.3 Å². The van der Waals surface area contributed by atoms with Gasteiger partial charge in [0.25, 0.3) is 5.43 Å². The molecule has 0 bridgehead atoms. The predicted molar refractivity (Wildman–Crippen MR) is 115 cm³/mol. The molecule has 2 aromatic carbocycles. The molecule has 0 unspecified atom stereocenters. The first-order valence-corrected chi connectivity index (χ1v) is 9.43. The molecule has 0 atom stereocenters. The molecule has 0 aliphatic rings. The molecule has 1 aromatic heterocycles. The summed E-state index contributed by atoms with van der Waals surface area (Å²) in [7, 11) is 3.12. The molecular formula is C22H22F2N4O3. The van der Waals surface area contributed by atoms with Gasteiger partial charge in [-0.25, -0.2) is 4.68 Å². The van der Waals surface area contributed by atoms with E-state index in [9.17, 15) is 13.6 Å². The molecule has 0 radical (unpaired) electrons. The van der Waals surface area contributed by atoms with Gasteiger partial charge in [0.15, 0.2) is 17.2 Å². The minimum absolute atomic E-state index is 0.00192. The van der Waals surface area contributed by atoms with E-state index < -0.39 is 12.0 Å². The van der Waals surface area contributed by atoms with Crippen molar-refractivity contribution in [2.75, 3.05) is 26.0 Å². The van der Waals surface area contributed by atoms with Crippen LogP contribution in [0.25, 0.3) is 11.4 Å². The summed E-state index contributed by atoms with van der Waals surface area (Å²) in [6.45, 7) is -2.55. The second-order valence-electron chi connectivity index (χ2n) is 6.33. The summed E-state index contributed by atoms with van der Waals surface area (Å²) in [5.74, 6) is -0.0829. The van der Waals surface area contributed by atoms with E-state index in [0.717, 1.165) is 5.69 Å². The van der Waals surface area contributed by atoms with Crippen LogP contribution < -0.4 is 25.5 Å². The van der Waals surface area contributed by atoms with E-state index in [1.165, 1.54) is 24.1 Å². The molecule has 0 spiro atoms. The van der Waals surface area contributed by atoms with Gasteiger partial charge in [0.05, 0.1) is 19.0 Å². The average molecular weight is 428 g/mol. The summed E-state index contributed by atoms with van der Waals surface area (Å²) in [5, 5.41) is 10.6. The van der Waals surface area contributed by atoms with Crippen LogP contribution >= 0.6 is 0 Å². The number of ether oxygens (including phenoxy) is 2. The molecule has 31 heavy (non-hydrogen) atoms. The van der Waals surface area contributed by atoms with Gasteiger partial charge in [-0.1, -0.05) is 30.3 Å². The number of nitrogens with one attached hydrogen (secondary N) is 2. The van der Waals surface area contributed by atoms with E-state index >= 15 is 0 Å². The zero-order valence-electron chi connectivity index (χ0n) is 17.0. The summed E-state index contributed by atoms with van der Waals surface area (Å²) < 4.78 is 36.9. The summed E-state index contributed by atoms with van der Waals surface area (Å²) in [5.41, 5.74) is 1.03. The highest BCUT2D eigenvalue weighted by Gasteiger charge is 2.18. The molecule has 0 fully saturated rings. The Bertz CT molecular complexity index is 1100. The Morgan fingerprint density at radius 2 is 1.84 bits per heavy atom. The number of rotatable bonds is 9. The molecule has 0 amide bonds. The van der Waals surface area contributed by atoms with Crippen LogP contribution in [0.1, 0.15) is 5.69 Å². The lowest BCUT2D eigenvalue weighted by Crippen LogP contribution is -2.22. The highest BCUT2D eigenvalue weighted by atomic mass is 19.3.